The van der Waals surface area contributed by atoms with Gasteiger partial charge in [0, 0.05) is 13.1 Å². The van der Waals surface area contributed by atoms with Gasteiger partial charge in [0.05, 0.1) is 23.2 Å². The van der Waals surface area contributed by atoms with E-state index in [9.17, 15) is 9.59 Å². The van der Waals surface area contributed by atoms with Crippen LogP contribution < -0.4 is 5.56 Å². The molecule has 0 saturated heterocycles. The van der Waals surface area contributed by atoms with Crippen LogP contribution in [0, 0.1) is 6.92 Å². The van der Waals surface area contributed by atoms with Gasteiger partial charge in [-0.1, -0.05) is 78.0 Å². The van der Waals surface area contributed by atoms with Crippen LogP contribution in [0.3, 0.4) is 0 Å². The van der Waals surface area contributed by atoms with E-state index in [4.69, 9.17) is 4.98 Å². The molecule has 0 N–H and O–H groups in total. The van der Waals surface area contributed by atoms with Crippen LogP contribution in [-0.2, 0) is 24.3 Å². The topological polar surface area (TPSA) is 55.2 Å². The van der Waals surface area contributed by atoms with Crippen molar-refractivity contribution in [1.82, 2.24) is 14.5 Å². The normalized spacial score (nSPS) is 13.2. The average molecular weight is 456 g/mol. The molecule has 4 aromatic rings. The van der Waals surface area contributed by atoms with Crippen LogP contribution in [0.1, 0.15) is 22.3 Å². The molecule has 33 heavy (non-hydrogen) atoms. The number of para-hydroxylation sites is 1. The Labute approximate surface area is 197 Å². The molecule has 1 aliphatic rings. The smallest absolute Gasteiger partial charge is 0.262 e. The summed E-state index contributed by atoms with van der Waals surface area (Å²) in [7, 11) is 0. The number of amides is 1. The molecule has 1 amide bonds. The van der Waals surface area contributed by atoms with Gasteiger partial charge in [0.1, 0.15) is 0 Å². The lowest BCUT2D eigenvalue weighted by atomic mass is 10.00. The van der Waals surface area contributed by atoms with Crippen molar-refractivity contribution in [2.75, 3.05) is 12.3 Å². The van der Waals surface area contributed by atoms with Crippen LogP contribution in [0.2, 0.25) is 0 Å². The van der Waals surface area contributed by atoms with E-state index in [-0.39, 0.29) is 17.2 Å². The fraction of sp³-hybridized carbons (Fsp3) is 0.222. The first-order valence-corrected chi connectivity index (χ1v) is 12.1. The third kappa shape index (κ3) is 4.57. The van der Waals surface area contributed by atoms with Crippen molar-refractivity contribution in [3.05, 3.63) is 105 Å². The zero-order valence-corrected chi connectivity index (χ0v) is 19.3. The largest absolute Gasteiger partial charge is 0.337 e. The highest BCUT2D eigenvalue weighted by atomic mass is 32.2. The van der Waals surface area contributed by atoms with Crippen molar-refractivity contribution in [3.8, 4) is 0 Å². The lowest BCUT2D eigenvalue weighted by molar-refractivity contribution is -0.129. The number of nitrogens with zero attached hydrogens (tertiary/aromatic N) is 3. The van der Waals surface area contributed by atoms with Crippen molar-refractivity contribution in [3.63, 3.8) is 0 Å². The van der Waals surface area contributed by atoms with Gasteiger partial charge in [-0.15, -0.1) is 0 Å². The molecular weight excluding hydrogens is 430 g/mol. The van der Waals surface area contributed by atoms with Gasteiger partial charge in [0.25, 0.3) is 5.56 Å². The van der Waals surface area contributed by atoms with E-state index in [0.29, 0.717) is 29.1 Å². The number of aryl methyl sites for hydroxylation is 1. The molecule has 0 saturated carbocycles. The van der Waals surface area contributed by atoms with Crippen molar-refractivity contribution >= 4 is 28.6 Å². The second kappa shape index (κ2) is 9.24. The van der Waals surface area contributed by atoms with Gasteiger partial charge in [0.15, 0.2) is 5.16 Å². The SMILES string of the molecule is Cc1ccc(Cn2c(SCC(=O)N3CCc4ccccc4C3)nc3ccccc3c2=O)cc1. The molecule has 2 heterocycles. The van der Waals surface area contributed by atoms with E-state index in [1.165, 1.54) is 28.5 Å². The van der Waals surface area contributed by atoms with E-state index < -0.39 is 0 Å². The quantitative estimate of drug-likeness (QED) is 0.330. The first-order valence-electron chi connectivity index (χ1n) is 11.1. The first kappa shape index (κ1) is 21.5. The standard InChI is InChI=1S/C27H25N3O2S/c1-19-10-12-20(13-11-19)16-30-26(32)23-8-4-5-9-24(23)28-27(30)33-18-25(31)29-15-14-21-6-2-3-7-22(21)17-29/h2-13H,14-18H2,1H3. The Kier molecular flexibility index (Phi) is 6.01. The van der Waals surface area contributed by atoms with Crippen LogP contribution in [0.5, 0.6) is 0 Å². The molecule has 1 aromatic heterocycles. The highest BCUT2D eigenvalue weighted by Crippen LogP contribution is 2.23. The number of carbonyl (C=O) groups is 1. The van der Waals surface area contributed by atoms with E-state index in [0.717, 1.165) is 18.5 Å². The summed E-state index contributed by atoms with van der Waals surface area (Å²) in [6.07, 6.45) is 0.874. The minimum atomic E-state index is -0.0805. The van der Waals surface area contributed by atoms with Gasteiger partial charge in [-0.05, 0) is 42.2 Å². The summed E-state index contributed by atoms with van der Waals surface area (Å²) in [5.74, 6) is 0.319. The average Bonchev–Trinajstić information content (AvgIpc) is 2.85. The van der Waals surface area contributed by atoms with Crippen LogP contribution >= 0.6 is 11.8 Å². The molecule has 0 radical (unpaired) electrons. The summed E-state index contributed by atoms with van der Waals surface area (Å²) < 4.78 is 1.69. The maximum absolute atomic E-state index is 13.3. The Morgan fingerprint density at radius 3 is 2.52 bits per heavy atom. The van der Waals surface area contributed by atoms with Gasteiger partial charge in [-0.2, -0.15) is 0 Å². The van der Waals surface area contributed by atoms with Gasteiger partial charge in [0.2, 0.25) is 5.91 Å². The Balaban J connectivity index is 1.40. The molecule has 5 nitrogen and oxygen atoms in total. The summed E-state index contributed by atoms with van der Waals surface area (Å²) in [5, 5.41) is 1.16. The van der Waals surface area contributed by atoms with Crippen LogP contribution in [0.15, 0.2) is 82.7 Å². The third-order valence-corrected chi connectivity index (χ3v) is 7.06. The lowest BCUT2D eigenvalue weighted by Gasteiger charge is -2.28. The van der Waals surface area contributed by atoms with E-state index in [1.807, 2.05) is 66.4 Å². The third-order valence-electron chi connectivity index (χ3n) is 6.10. The molecule has 3 aromatic carbocycles. The lowest BCUT2D eigenvalue weighted by Crippen LogP contribution is -2.37. The summed E-state index contributed by atoms with van der Waals surface area (Å²) in [6.45, 7) is 3.82. The maximum Gasteiger partial charge on any atom is 0.262 e. The van der Waals surface area contributed by atoms with E-state index in [2.05, 4.69) is 12.1 Å². The highest BCUT2D eigenvalue weighted by Gasteiger charge is 2.21. The van der Waals surface area contributed by atoms with Gasteiger partial charge < -0.3 is 4.90 Å². The minimum Gasteiger partial charge on any atom is -0.337 e. The molecule has 0 bridgehead atoms. The highest BCUT2D eigenvalue weighted by molar-refractivity contribution is 7.99. The molecule has 0 spiro atoms. The number of hydrogen-bond donors (Lipinski definition) is 0. The van der Waals surface area contributed by atoms with E-state index >= 15 is 0 Å². The Morgan fingerprint density at radius 2 is 1.70 bits per heavy atom. The molecule has 0 atom stereocenters. The molecule has 0 unspecified atom stereocenters. The first-order chi connectivity index (χ1) is 16.1. The van der Waals surface area contributed by atoms with Gasteiger partial charge in [-0.25, -0.2) is 4.98 Å². The van der Waals surface area contributed by atoms with Crippen LogP contribution in [-0.4, -0.2) is 32.7 Å². The van der Waals surface area contributed by atoms with Gasteiger partial charge in [-0.3, -0.25) is 14.2 Å². The number of aromatic nitrogens is 2. The zero-order valence-electron chi connectivity index (χ0n) is 18.5. The number of fused-ring (bicyclic) bond motifs is 2. The predicted octanol–water partition coefficient (Wildman–Crippen LogP) is 4.43. The molecule has 0 fully saturated rings. The molecular formula is C27H25N3O2S. The van der Waals surface area contributed by atoms with Crippen molar-refractivity contribution in [2.24, 2.45) is 0 Å². The van der Waals surface area contributed by atoms with Crippen LogP contribution in [0.25, 0.3) is 10.9 Å². The van der Waals surface area contributed by atoms with Crippen molar-refractivity contribution in [1.29, 1.82) is 0 Å². The Hall–Kier alpha value is -3.38. The molecule has 0 aliphatic carbocycles. The minimum absolute atomic E-state index is 0.0683. The molecule has 5 rings (SSSR count). The molecule has 166 valence electrons. The second-order valence-electron chi connectivity index (χ2n) is 8.41. The van der Waals surface area contributed by atoms with Crippen molar-refractivity contribution in [2.45, 2.75) is 31.6 Å². The summed E-state index contributed by atoms with van der Waals surface area (Å²) in [4.78, 5) is 33.0. The number of thioether (sulfide) groups is 1. The van der Waals surface area contributed by atoms with E-state index in [1.54, 1.807) is 10.6 Å². The Bertz CT molecular complexity index is 1380. The summed E-state index contributed by atoms with van der Waals surface area (Å²) in [5.41, 5.74) is 5.30. The molecule has 6 heteroatoms. The summed E-state index contributed by atoms with van der Waals surface area (Å²) >= 11 is 1.34. The number of carbonyl (C=O) groups excluding carboxylic acids is 1. The second-order valence-corrected chi connectivity index (χ2v) is 9.35. The molecule has 1 aliphatic heterocycles. The number of rotatable bonds is 5. The maximum atomic E-state index is 13.3. The van der Waals surface area contributed by atoms with Crippen LogP contribution in [0.4, 0.5) is 0 Å². The predicted molar refractivity (Wildman–Crippen MR) is 133 cm³/mol. The zero-order chi connectivity index (χ0) is 22.8. The summed E-state index contributed by atoms with van der Waals surface area (Å²) in [6, 6.07) is 23.8. The van der Waals surface area contributed by atoms with Crippen molar-refractivity contribution < 1.29 is 4.79 Å². The number of benzene rings is 3. The van der Waals surface area contributed by atoms with Gasteiger partial charge >= 0.3 is 0 Å². The Morgan fingerprint density at radius 1 is 0.970 bits per heavy atom. The fourth-order valence-corrected chi connectivity index (χ4v) is 5.10. The number of hydrogen-bond acceptors (Lipinski definition) is 4. The fourth-order valence-electron chi connectivity index (χ4n) is 4.20. The monoisotopic (exact) mass is 455 g/mol.